The van der Waals surface area contributed by atoms with E-state index in [-0.39, 0.29) is 18.9 Å². The lowest BCUT2D eigenvalue weighted by Gasteiger charge is -2.28. The van der Waals surface area contributed by atoms with Gasteiger partial charge in [0.25, 0.3) is 0 Å². The number of hydrogen-bond acceptors (Lipinski definition) is 7. The number of aliphatic imine (C=N–C) groups is 1. The van der Waals surface area contributed by atoms with Gasteiger partial charge in [-0.2, -0.15) is 0 Å². The maximum absolute atomic E-state index is 13.0. The van der Waals surface area contributed by atoms with Crippen LogP contribution in [0, 0.1) is 0 Å². The number of nitrogens with zero attached hydrogens (tertiary/aromatic N) is 4. The van der Waals surface area contributed by atoms with Crippen molar-refractivity contribution >= 4 is 17.6 Å². The fourth-order valence-electron chi connectivity index (χ4n) is 3.51. The van der Waals surface area contributed by atoms with E-state index in [2.05, 4.69) is 21.6 Å². The van der Waals surface area contributed by atoms with Crippen LogP contribution in [0.1, 0.15) is 30.1 Å². The monoisotopic (exact) mass is 436 g/mol. The van der Waals surface area contributed by atoms with Crippen LogP contribution in [0.5, 0.6) is 5.75 Å². The minimum Gasteiger partial charge on any atom is -0.494 e. The quantitative estimate of drug-likeness (QED) is 0.148. The van der Waals surface area contributed by atoms with E-state index < -0.39 is 17.6 Å². The van der Waals surface area contributed by atoms with E-state index in [9.17, 15) is 4.79 Å². The van der Waals surface area contributed by atoms with E-state index in [1.807, 2.05) is 0 Å². The number of esters is 1. The zero-order valence-corrected chi connectivity index (χ0v) is 17.7. The van der Waals surface area contributed by atoms with Gasteiger partial charge in [-0.15, -0.1) is 6.58 Å². The molecule has 0 unspecified atom stereocenters. The number of carbonyl (C=O) groups is 1. The third kappa shape index (κ3) is 4.59. The van der Waals surface area contributed by atoms with Gasteiger partial charge >= 0.3 is 5.97 Å². The molecule has 0 saturated heterocycles. The molecule has 2 aromatic carbocycles. The van der Waals surface area contributed by atoms with Crippen molar-refractivity contribution < 1.29 is 24.1 Å². The molecule has 9 heteroatoms. The third-order valence-corrected chi connectivity index (χ3v) is 5.00. The molecule has 9 nitrogen and oxygen atoms in total. The summed E-state index contributed by atoms with van der Waals surface area (Å²) in [5.41, 5.74) is 9.03. The summed E-state index contributed by atoms with van der Waals surface area (Å²) in [6.07, 6.45) is 1.38. The Hall–Kier alpha value is -3.81. The molecule has 1 aliphatic heterocycles. The maximum atomic E-state index is 13.0. The van der Waals surface area contributed by atoms with Crippen LogP contribution < -0.4 is 4.74 Å². The summed E-state index contributed by atoms with van der Waals surface area (Å²) in [6.45, 7) is 4.22. The number of azide groups is 1. The molecule has 32 heavy (non-hydrogen) atoms. The standard InChI is InChI=1S/C23H24N4O5/c1-3-13-23(22(29)30-2)20(18-7-4-5-8-19(18)26-27-24)32-21(25-23)16-9-11-17(12-10-16)31-15-6-14-28/h3-5,7-12,20,28H,1,6,13-15H2,2H3/t20-,23-/m0/s1. The smallest absolute Gasteiger partial charge is 0.338 e. The van der Waals surface area contributed by atoms with Gasteiger partial charge in [-0.3, -0.25) is 0 Å². The van der Waals surface area contributed by atoms with E-state index in [4.69, 9.17) is 24.8 Å². The summed E-state index contributed by atoms with van der Waals surface area (Å²) in [7, 11) is 1.29. The van der Waals surface area contributed by atoms with E-state index in [0.717, 1.165) is 0 Å². The summed E-state index contributed by atoms with van der Waals surface area (Å²) in [6, 6.07) is 13.9. The van der Waals surface area contributed by atoms with E-state index in [1.54, 1.807) is 54.6 Å². The highest BCUT2D eigenvalue weighted by molar-refractivity contribution is 6.00. The Kier molecular flexibility index (Phi) is 7.49. The first kappa shape index (κ1) is 22.9. The largest absolute Gasteiger partial charge is 0.494 e. The van der Waals surface area contributed by atoms with Crippen LogP contribution in [-0.4, -0.2) is 42.8 Å². The average molecular weight is 436 g/mol. The number of hydrogen-bond donors (Lipinski definition) is 1. The molecule has 0 saturated carbocycles. The highest BCUT2D eigenvalue weighted by Crippen LogP contribution is 2.45. The van der Waals surface area contributed by atoms with Crippen LogP contribution in [0.4, 0.5) is 5.69 Å². The maximum Gasteiger partial charge on any atom is 0.338 e. The van der Waals surface area contributed by atoms with Crippen molar-refractivity contribution in [2.45, 2.75) is 24.5 Å². The molecule has 166 valence electrons. The predicted molar refractivity (Wildman–Crippen MR) is 119 cm³/mol. The lowest BCUT2D eigenvalue weighted by atomic mass is 9.85. The molecule has 0 spiro atoms. The fraction of sp³-hybridized carbons (Fsp3) is 0.304. The van der Waals surface area contributed by atoms with Crippen molar-refractivity contribution in [1.82, 2.24) is 0 Å². The molecule has 0 aromatic heterocycles. The Balaban J connectivity index is 2.03. The van der Waals surface area contributed by atoms with Gasteiger partial charge in [-0.05, 0) is 29.8 Å². The average Bonchev–Trinajstić information content (AvgIpc) is 3.20. The number of methoxy groups -OCH3 is 1. The molecular weight excluding hydrogens is 412 g/mol. The van der Waals surface area contributed by atoms with Crippen molar-refractivity contribution in [3.63, 3.8) is 0 Å². The zero-order valence-electron chi connectivity index (χ0n) is 17.7. The number of benzene rings is 2. The van der Waals surface area contributed by atoms with Crippen LogP contribution in [0.25, 0.3) is 10.4 Å². The summed E-state index contributed by atoms with van der Waals surface area (Å²) >= 11 is 0. The fourth-order valence-corrected chi connectivity index (χ4v) is 3.51. The minimum atomic E-state index is -1.43. The Morgan fingerprint density at radius 1 is 1.34 bits per heavy atom. The van der Waals surface area contributed by atoms with E-state index in [0.29, 0.717) is 35.6 Å². The lowest BCUT2D eigenvalue weighted by Crippen LogP contribution is -2.41. The molecule has 1 aliphatic rings. The Bertz CT molecular complexity index is 1050. The van der Waals surface area contributed by atoms with Crippen molar-refractivity contribution in [2.24, 2.45) is 10.1 Å². The number of aliphatic hydroxyl groups excluding tert-OH is 1. The van der Waals surface area contributed by atoms with Crippen molar-refractivity contribution in [3.05, 3.63) is 82.8 Å². The summed E-state index contributed by atoms with van der Waals surface area (Å²) in [4.78, 5) is 20.5. The second kappa shape index (κ2) is 10.5. The van der Waals surface area contributed by atoms with Crippen molar-refractivity contribution in [1.29, 1.82) is 0 Å². The topological polar surface area (TPSA) is 126 Å². The van der Waals surface area contributed by atoms with Gasteiger partial charge in [0, 0.05) is 41.2 Å². The molecule has 3 rings (SSSR count). The first-order valence-electron chi connectivity index (χ1n) is 10.0. The molecule has 0 radical (unpaired) electrons. The number of carbonyl (C=O) groups excluding carboxylic acids is 1. The second-order valence-electron chi connectivity index (χ2n) is 7.02. The molecule has 0 amide bonds. The van der Waals surface area contributed by atoms with Gasteiger partial charge in [0.1, 0.15) is 5.75 Å². The third-order valence-electron chi connectivity index (χ3n) is 5.00. The van der Waals surface area contributed by atoms with E-state index >= 15 is 0 Å². The van der Waals surface area contributed by atoms with Gasteiger partial charge in [0.15, 0.2) is 6.10 Å². The molecule has 2 aromatic rings. The highest BCUT2D eigenvalue weighted by atomic mass is 16.5. The van der Waals surface area contributed by atoms with Gasteiger partial charge < -0.3 is 19.3 Å². The van der Waals surface area contributed by atoms with Gasteiger partial charge in [0.05, 0.1) is 13.7 Å². The van der Waals surface area contributed by atoms with Crippen molar-refractivity contribution in [2.75, 3.05) is 20.3 Å². The summed E-state index contributed by atoms with van der Waals surface area (Å²) in [5, 5.41) is 12.6. The SMILES string of the molecule is C=CC[C@]1(C(=O)OC)N=C(c2ccc(OCCCO)cc2)O[C@H]1c1ccccc1N=[N+]=[N-]. The van der Waals surface area contributed by atoms with Crippen LogP contribution in [0.3, 0.4) is 0 Å². The predicted octanol–water partition coefficient (Wildman–Crippen LogP) is 4.40. The molecule has 1 heterocycles. The van der Waals surface area contributed by atoms with Crippen molar-refractivity contribution in [3.8, 4) is 5.75 Å². The number of ether oxygens (including phenoxy) is 3. The van der Waals surface area contributed by atoms with Gasteiger partial charge in [0.2, 0.25) is 11.4 Å². The minimum absolute atomic E-state index is 0.0559. The second-order valence-corrected chi connectivity index (χ2v) is 7.02. The van der Waals surface area contributed by atoms with E-state index in [1.165, 1.54) is 7.11 Å². The highest BCUT2D eigenvalue weighted by Gasteiger charge is 2.54. The summed E-state index contributed by atoms with van der Waals surface area (Å²) in [5.74, 6) is 0.299. The molecular formula is C23H24N4O5. The molecule has 0 bridgehead atoms. The number of aliphatic hydroxyl groups is 1. The van der Waals surface area contributed by atoms with Gasteiger partial charge in [-0.25, -0.2) is 9.79 Å². The Labute approximate surface area is 185 Å². The van der Waals surface area contributed by atoms with Gasteiger partial charge in [-0.1, -0.05) is 35.5 Å². The normalized spacial score (nSPS) is 19.3. The molecule has 2 atom stereocenters. The summed E-state index contributed by atoms with van der Waals surface area (Å²) < 4.78 is 16.8. The zero-order chi connectivity index (χ0) is 23.0. The first-order valence-corrected chi connectivity index (χ1v) is 10.0. The van der Waals surface area contributed by atoms with Crippen LogP contribution in [0.2, 0.25) is 0 Å². The Morgan fingerprint density at radius 3 is 2.75 bits per heavy atom. The number of rotatable bonds is 10. The molecule has 1 N–H and O–H groups in total. The first-order chi connectivity index (χ1) is 15.6. The molecule has 0 fully saturated rings. The Morgan fingerprint density at radius 2 is 2.09 bits per heavy atom. The van der Waals surface area contributed by atoms with Crippen LogP contribution >= 0.6 is 0 Å². The molecule has 0 aliphatic carbocycles. The van der Waals surface area contributed by atoms with Crippen LogP contribution in [-0.2, 0) is 14.3 Å². The van der Waals surface area contributed by atoms with Crippen LogP contribution in [0.15, 0.2) is 71.3 Å². The lowest BCUT2D eigenvalue weighted by molar-refractivity contribution is -0.149.